The van der Waals surface area contributed by atoms with E-state index in [1.165, 1.54) is 4.68 Å². The second-order valence-electron chi connectivity index (χ2n) is 4.05. The molecular weight excluding hydrogens is 258 g/mol. The third kappa shape index (κ3) is 2.90. The summed E-state index contributed by atoms with van der Waals surface area (Å²) in [7, 11) is 0. The van der Waals surface area contributed by atoms with Gasteiger partial charge in [-0.15, -0.1) is 5.10 Å². The number of carbonyl (C=O) groups is 1. The molecule has 0 saturated carbocycles. The molecule has 0 radical (unpaired) electrons. The number of aliphatic carboxylic acids is 1. The summed E-state index contributed by atoms with van der Waals surface area (Å²) in [6.07, 6.45) is -0.199. The number of benzene rings is 1. The van der Waals surface area contributed by atoms with Gasteiger partial charge in [-0.05, 0) is 29.5 Å². The maximum atomic E-state index is 13.2. The molecule has 0 saturated heterocycles. The van der Waals surface area contributed by atoms with Crippen LogP contribution in [0.3, 0.4) is 0 Å². The molecule has 0 spiro atoms. The van der Waals surface area contributed by atoms with Crippen LogP contribution in [0.1, 0.15) is 19.4 Å². The molecule has 8 heteroatoms. The zero-order chi connectivity index (χ0) is 14.0. The maximum absolute atomic E-state index is 13.2. The standard InChI is InChI=1S/C11H10F2N4O2/c1-6(2-10(18)19)17-11(14-15-16-17)7-3-8(12)5-9(13)4-7/h3-6H,2H2,1H3,(H,18,19). The van der Waals surface area contributed by atoms with Gasteiger partial charge in [0.05, 0.1) is 12.5 Å². The number of hydrogen-bond donors (Lipinski definition) is 1. The van der Waals surface area contributed by atoms with Crippen LogP contribution in [0.4, 0.5) is 8.78 Å². The van der Waals surface area contributed by atoms with Crippen LogP contribution in [0, 0.1) is 11.6 Å². The van der Waals surface area contributed by atoms with E-state index in [-0.39, 0.29) is 17.8 Å². The largest absolute Gasteiger partial charge is 0.481 e. The number of halogens is 2. The first-order valence-corrected chi connectivity index (χ1v) is 5.43. The minimum atomic E-state index is -1.01. The molecule has 6 nitrogen and oxygen atoms in total. The third-order valence-corrected chi connectivity index (χ3v) is 2.50. The number of nitrogens with zero attached hydrogens (tertiary/aromatic N) is 4. The molecule has 1 unspecified atom stereocenters. The van der Waals surface area contributed by atoms with E-state index in [1.54, 1.807) is 6.92 Å². The minimum absolute atomic E-state index is 0.118. The van der Waals surface area contributed by atoms with E-state index in [4.69, 9.17) is 5.11 Å². The smallest absolute Gasteiger partial charge is 0.305 e. The van der Waals surface area contributed by atoms with Gasteiger partial charge in [0, 0.05) is 11.6 Å². The van der Waals surface area contributed by atoms with Crippen molar-refractivity contribution >= 4 is 5.97 Å². The monoisotopic (exact) mass is 268 g/mol. The first kappa shape index (κ1) is 13.1. The highest BCUT2D eigenvalue weighted by molar-refractivity contribution is 5.67. The Balaban J connectivity index is 2.41. The molecule has 1 heterocycles. The Kier molecular flexibility index (Phi) is 3.50. The van der Waals surface area contributed by atoms with Gasteiger partial charge in [0.25, 0.3) is 0 Å². The van der Waals surface area contributed by atoms with Crippen molar-refractivity contribution in [1.29, 1.82) is 0 Å². The van der Waals surface area contributed by atoms with Crippen molar-refractivity contribution in [3.05, 3.63) is 29.8 Å². The van der Waals surface area contributed by atoms with Crippen molar-refractivity contribution in [3.8, 4) is 11.4 Å². The maximum Gasteiger partial charge on any atom is 0.305 e. The summed E-state index contributed by atoms with van der Waals surface area (Å²) in [5, 5.41) is 19.5. The summed E-state index contributed by atoms with van der Waals surface area (Å²) in [6, 6.07) is 2.37. The summed E-state index contributed by atoms with van der Waals surface area (Å²) >= 11 is 0. The highest BCUT2D eigenvalue weighted by atomic mass is 19.1. The van der Waals surface area contributed by atoms with Gasteiger partial charge < -0.3 is 5.11 Å². The average molecular weight is 268 g/mol. The first-order valence-electron chi connectivity index (χ1n) is 5.43. The van der Waals surface area contributed by atoms with Crippen molar-refractivity contribution in [1.82, 2.24) is 20.2 Å². The van der Waals surface area contributed by atoms with Gasteiger partial charge in [-0.25, -0.2) is 13.5 Å². The Morgan fingerprint density at radius 1 is 1.37 bits per heavy atom. The zero-order valence-electron chi connectivity index (χ0n) is 9.92. The van der Waals surface area contributed by atoms with E-state index in [9.17, 15) is 13.6 Å². The molecule has 1 atom stereocenters. The molecule has 0 amide bonds. The van der Waals surface area contributed by atoms with Crippen LogP contribution in [0.5, 0.6) is 0 Å². The van der Waals surface area contributed by atoms with E-state index in [2.05, 4.69) is 15.5 Å². The molecule has 1 aromatic carbocycles. The van der Waals surface area contributed by atoms with Gasteiger partial charge in [0.1, 0.15) is 11.6 Å². The average Bonchev–Trinajstić information content (AvgIpc) is 2.75. The minimum Gasteiger partial charge on any atom is -0.481 e. The van der Waals surface area contributed by atoms with Crippen LogP contribution in [-0.2, 0) is 4.79 Å². The molecule has 0 fully saturated rings. The SMILES string of the molecule is CC(CC(=O)O)n1nnnc1-c1cc(F)cc(F)c1. The number of aromatic nitrogens is 4. The van der Waals surface area contributed by atoms with E-state index < -0.39 is 23.6 Å². The molecule has 0 aliphatic heterocycles. The normalized spacial score (nSPS) is 12.4. The van der Waals surface area contributed by atoms with Crippen LogP contribution >= 0.6 is 0 Å². The Morgan fingerprint density at radius 3 is 2.58 bits per heavy atom. The Morgan fingerprint density at radius 2 is 2.00 bits per heavy atom. The second-order valence-corrected chi connectivity index (χ2v) is 4.05. The van der Waals surface area contributed by atoms with Crippen LogP contribution in [0.25, 0.3) is 11.4 Å². The van der Waals surface area contributed by atoms with Crippen molar-refractivity contribution in [3.63, 3.8) is 0 Å². The fourth-order valence-electron chi connectivity index (χ4n) is 1.70. The summed E-state index contributed by atoms with van der Waals surface area (Å²) in [4.78, 5) is 10.7. The predicted molar refractivity (Wildman–Crippen MR) is 60.1 cm³/mol. The lowest BCUT2D eigenvalue weighted by molar-refractivity contribution is -0.137. The lowest BCUT2D eigenvalue weighted by Crippen LogP contribution is -2.13. The third-order valence-electron chi connectivity index (χ3n) is 2.50. The van der Waals surface area contributed by atoms with Gasteiger partial charge in [-0.1, -0.05) is 0 Å². The molecule has 0 aliphatic carbocycles. The topological polar surface area (TPSA) is 80.9 Å². The van der Waals surface area contributed by atoms with Crippen LogP contribution in [0.2, 0.25) is 0 Å². The van der Waals surface area contributed by atoms with Crippen molar-refractivity contribution in [2.75, 3.05) is 0 Å². The first-order chi connectivity index (χ1) is 8.97. The lowest BCUT2D eigenvalue weighted by Gasteiger charge is -2.11. The van der Waals surface area contributed by atoms with E-state index in [0.717, 1.165) is 18.2 Å². The zero-order valence-corrected chi connectivity index (χ0v) is 9.92. The Bertz CT molecular complexity index is 594. The number of carboxylic acid groups (broad SMARTS) is 1. The van der Waals surface area contributed by atoms with Gasteiger partial charge in [-0.2, -0.15) is 0 Å². The second kappa shape index (κ2) is 5.09. The fourth-order valence-corrected chi connectivity index (χ4v) is 1.70. The van der Waals surface area contributed by atoms with E-state index >= 15 is 0 Å². The Labute approximate surface area is 106 Å². The van der Waals surface area contributed by atoms with Gasteiger partial charge in [0.2, 0.25) is 0 Å². The van der Waals surface area contributed by atoms with Crippen LogP contribution in [0.15, 0.2) is 18.2 Å². The highest BCUT2D eigenvalue weighted by Crippen LogP contribution is 2.22. The highest BCUT2D eigenvalue weighted by Gasteiger charge is 2.18. The summed E-state index contributed by atoms with van der Waals surface area (Å²) in [5.41, 5.74) is 0.153. The van der Waals surface area contributed by atoms with Gasteiger partial charge >= 0.3 is 5.97 Å². The van der Waals surface area contributed by atoms with Crippen molar-refractivity contribution in [2.24, 2.45) is 0 Å². The Hall–Kier alpha value is -2.38. The summed E-state index contributed by atoms with van der Waals surface area (Å²) < 4.78 is 27.5. The molecule has 2 aromatic rings. The van der Waals surface area contributed by atoms with Crippen molar-refractivity contribution in [2.45, 2.75) is 19.4 Å². The number of hydrogen-bond acceptors (Lipinski definition) is 4. The van der Waals surface area contributed by atoms with Gasteiger partial charge in [0.15, 0.2) is 5.82 Å². The molecule has 1 aromatic heterocycles. The number of carboxylic acids is 1. The van der Waals surface area contributed by atoms with E-state index in [1.807, 2.05) is 0 Å². The quantitative estimate of drug-likeness (QED) is 0.911. The molecular formula is C11H10F2N4O2. The van der Waals surface area contributed by atoms with Crippen LogP contribution < -0.4 is 0 Å². The molecule has 100 valence electrons. The molecule has 19 heavy (non-hydrogen) atoms. The fraction of sp³-hybridized carbons (Fsp3) is 0.273. The molecule has 0 aliphatic rings. The lowest BCUT2D eigenvalue weighted by atomic mass is 10.2. The predicted octanol–water partition coefficient (Wildman–Crippen LogP) is 1.65. The summed E-state index contributed by atoms with van der Waals surface area (Å²) in [5.74, 6) is -2.41. The summed E-state index contributed by atoms with van der Waals surface area (Å²) in [6.45, 7) is 1.60. The number of tetrazole rings is 1. The molecule has 1 N–H and O–H groups in total. The number of rotatable bonds is 4. The van der Waals surface area contributed by atoms with E-state index in [0.29, 0.717) is 0 Å². The molecule has 0 bridgehead atoms. The van der Waals surface area contributed by atoms with Crippen LogP contribution in [-0.4, -0.2) is 31.3 Å². The molecule has 2 rings (SSSR count). The van der Waals surface area contributed by atoms with Crippen molar-refractivity contribution < 1.29 is 18.7 Å². The van der Waals surface area contributed by atoms with Gasteiger partial charge in [-0.3, -0.25) is 4.79 Å².